The van der Waals surface area contributed by atoms with Crippen LogP contribution in [0.4, 0.5) is 5.82 Å². The predicted molar refractivity (Wildman–Crippen MR) is 102 cm³/mol. The van der Waals surface area contributed by atoms with E-state index in [-0.39, 0.29) is 10.7 Å². The zero-order chi connectivity index (χ0) is 18.3. The number of aliphatic hydroxyl groups excluding tert-OH is 2. The molecule has 0 aliphatic carbocycles. The molecule has 1 aliphatic heterocycles. The third kappa shape index (κ3) is 3.25. The quantitative estimate of drug-likeness (QED) is 0.587. The van der Waals surface area contributed by atoms with Crippen LogP contribution in [0.3, 0.4) is 0 Å². The number of halogens is 1. The molecule has 3 N–H and O–H groups in total. The van der Waals surface area contributed by atoms with Gasteiger partial charge in [-0.15, -0.1) is 11.8 Å². The number of hydrogen-bond donors (Lipinski definition) is 3. The molecule has 9 heteroatoms. The molecule has 3 heterocycles. The molecule has 1 unspecified atom stereocenters. The standard InChI is InChI=1S/C17H18ClN5O2S/c1-9-3-2-4-10(5-9)6-19-14-12-15(22-17(18)21-14)23(8-20-12)16-13(25)11(24)7-26-16/h2-5,8,11,13,16,24-25H,6-7H2,1H3,(H,19,21,22)/t11?,13-,16+/m0/s1. The average molecular weight is 392 g/mol. The molecule has 0 spiro atoms. The van der Waals surface area contributed by atoms with Crippen molar-refractivity contribution in [1.29, 1.82) is 0 Å². The maximum atomic E-state index is 10.2. The number of fused-ring (bicyclic) bond motifs is 1. The van der Waals surface area contributed by atoms with Gasteiger partial charge in [0.05, 0.1) is 12.4 Å². The Morgan fingerprint density at radius 2 is 2.19 bits per heavy atom. The van der Waals surface area contributed by atoms with E-state index in [1.807, 2.05) is 25.1 Å². The van der Waals surface area contributed by atoms with E-state index in [1.165, 1.54) is 17.3 Å². The second kappa shape index (κ2) is 7.03. The molecule has 136 valence electrons. The summed E-state index contributed by atoms with van der Waals surface area (Å²) in [6, 6.07) is 8.18. The number of aromatic nitrogens is 4. The molecule has 1 aliphatic rings. The Labute approximate surface area is 159 Å². The molecule has 4 rings (SSSR count). The van der Waals surface area contributed by atoms with Crippen molar-refractivity contribution in [3.63, 3.8) is 0 Å². The van der Waals surface area contributed by atoms with Crippen molar-refractivity contribution in [2.45, 2.75) is 31.1 Å². The van der Waals surface area contributed by atoms with Gasteiger partial charge < -0.3 is 15.5 Å². The molecule has 3 atom stereocenters. The zero-order valence-corrected chi connectivity index (χ0v) is 15.6. The van der Waals surface area contributed by atoms with Crippen LogP contribution in [0.1, 0.15) is 16.5 Å². The number of imidazole rings is 1. The minimum Gasteiger partial charge on any atom is -0.389 e. The summed E-state index contributed by atoms with van der Waals surface area (Å²) in [4.78, 5) is 12.9. The highest BCUT2D eigenvalue weighted by molar-refractivity contribution is 7.99. The Bertz CT molecular complexity index is 950. The van der Waals surface area contributed by atoms with Crippen LogP contribution in [-0.4, -0.2) is 47.7 Å². The summed E-state index contributed by atoms with van der Waals surface area (Å²) in [5.41, 5.74) is 3.42. The van der Waals surface area contributed by atoms with Gasteiger partial charge in [0.25, 0.3) is 0 Å². The number of aryl methyl sites for hydroxylation is 1. The molecular weight excluding hydrogens is 374 g/mol. The van der Waals surface area contributed by atoms with Crippen molar-refractivity contribution >= 4 is 40.3 Å². The SMILES string of the molecule is Cc1cccc(CNc2nc(Cl)nc3c2ncn3[C@@H]2SCC(O)[C@@H]2O)c1. The Morgan fingerprint density at radius 1 is 1.35 bits per heavy atom. The monoisotopic (exact) mass is 391 g/mol. The van der Waals surface area contributed by atoms with Crippen molar-refractivity contribution < 1.29 is 10.2 Å². The third-order valence-electron chi connectivity index (χ3n) is 4.33. The predicted octanol–water partition coefficient (Wildman–Crippen LogP) is 2.37. The van der Waals surface area contributed by atoms with Gasteiger partial charge >= 0.3 is 0 Å². The van der Waals surface area contributed by atoms with Crippen LogP contribution in [0, 0.1) is 6.92 Å². The Balaban J connectivity index is 1.66. The largest absolute Gasteiger partial charge is 0.389 e. The lowest BCUT2D eigenvalue weighted by molar-refractivity contribution is 0.0313. The van der Waals surface area contributed by atoms with Crippen molar-refractivity contribution in [1.82, 2.24) is 19.5 Å². The molecule has 0 bridgehead atoms. The topological polar surface area (TPSA) is 96.1 Å². The molecule has 0 amide bonds. The Morgan fingerprint density at radius 3 is 2.92 bits per heavy atom. The highest BCUT2D eigenvalue weighted by Gasteiger charge is 2.36. The summed E-state index contributed by atoms with van der Waals surface area (Å²) in [6.07, 6.45) is -0.0413. The number of rotatable bonds is 4. The number of nitrogens with zero attached hydrogens (tertiary/aromatic N) is 4. The van der Waals surface area contributed by atoms with Gasteiger partial charge in [0, 0.05) is 12.3 Å². The van der Waals surface area contributed by atoms with Gasteiger partial charge in [-0.2, -0.15) is 9.97 Å². The number of thioether (sulfide) groups is 1. The maximum absolute atomic E-state index is 10.2. The summed E-state index contributed by atoms with van der Waals surface area (Å²) >= 11 is 7.56. The molecule has 26 heavy (non-hydrogen) atoms. The van der Waals surface area contributed by atoms with Gasteiger partial charge in [-0.25, -0.2) is 4.98 Å². The molecule has 0 radical (unpaired) electrons. The highest BCUT2D eigenvalue weighted by atomic mass is 35.5. The summed E-state index contributed by atoms with van der Waals surface area (Å²) in [5, 5.41) is 23.0. The first-order valence-electron chi connectivity index (χ1n) is 8.20. The zero-order valence-electron chi connectivity index (χ0n) is 14.0. The van der Waals surface area contributed by atoms with Crippen molar-refractivity contribution in [2.24, 2.45) is 0 Å². The van der Waals surface area contributed by atoms with Crippen LogP contribution in [0.5, 0.6) is 0 Å². The molecule has 1 aromatic carbocycles. The fourth-order valence-electron chi connectivity index (χ4n) is 3.04. The number of nitrogens with one attached hydrogen (secondary N) is 1. The van der Waals surface area contributed by atoms with E-state index in [9.17, 15) is 10.2 Å². The van der Waals surface area contributed by atoms with Crippen LogP contribution < -0.4 is 5.32 Å². The van der Waals surface area contributed by atoms with Crippen LogP contribution in [0.25, 0.3) is 11.2 Å². The molecule has 3 aromatic rings. The highest BCUT2D eigenvalue weighted by Crippen LogP contribution is 2.38. The van der Waals surface area contributed by atoms with E-state index in [0.717, 1.165) is 5.56 Å². The fourth-order valence-corrected chi connectivity index (χ4v) is 4.49. The van der Waals surface area contributed by atoms with Crippen LogP contribution in [0.2, 0.25) is 5.28 Å². The van der Waals surface area contributed by atoms with E-state index < -0.39 is 12.2 Å². The molecule has 0 saturated carbocycles. The van der Waals surface area contributed by atoms with E-state index in [1.54, 1.807) is 10.9 Å². The maximum Gasteiger partial charge on any atom is 0.226 e. The van der Waals surface area contributed by atoms with Crippen molar-refractivity contribution in [2.75, 3.05) is 11.1 Å². The lowest BCUT2D eigenvalue weighted by Crippen LogP contribution is -2.27. The van der Waals surface area contributed by atoms with Gasteiger partial charge in [0.2, 0.25) is 5.28 Å². The van der Waals surface area contributed by atoms with E-state index in [2.05, 4.69) is 26.3 Å². The molecule has 2 aromatic heterocycles. The first-order chi connectivity index (χ1) is 12.5. The van der Waals surface area contributed by atoms with Gasteiger partial charge in [-0.1, -0.05) is 29.8 Å². The second-order valence-electron chi connectivity index (χ2n) is 6.29. The summed E-state index contributed by atoms with van der Waals surface area (Å²) < 4.78 is 1.74. The summed E-state index contributed by atoms with van der Waals surface area (Å²) in [6.45, 7) is 2.63. The van der Waals surface area contributed by atoms with Crippen LogP contribution >= 0.6 is 23.4 Å². The smallest absolute Gasteiger partial charge is 0.226 e. The molecule has 1 fully saturated rings. The lowest BCUT2D eigenvalue weighted by atomic mass is 10.1. The van der Waals surface area contributed by atoms with E-state index >= 15 is 0 Å². The van der Waals surface area contributed by atoms with Crippen molar-refractivity contribution in [3.05, 3.63) is 47.0 Å². The van der Waals surface area contributed by atoms with Gasteiger partial charge in [-0.3, -0.25) is 4.57 Å². The molecule has 7 nitrogen and oxygen atoms in total. The van der Waals surface area contributed by atoms with Crippen molar-refractivity contribution in [3.8, 4) is 0 Å². The number of benzene rings is 1. The van der Waals surface area contributed by atoms with E-state index in [0.29, 0.717) is 29.3 Å². The normalized spacial score (nSPS) is 22.8. The average Bonchev–Trinajstić information content (AvgIpc) is 3.17. The lowest BCUT2D eigenvalue weighted by Gasteiger charge is -2.17. The Hall–Kier alpha value is -1.87. The third-order valence-corrected chi connectivity index (χ3v) is 5.89. The summed E-state index contributed by atoms with van der Waals surface area (Å²) in [7, 11) is 0. The van der Waals surface area contributed by atoms with Crippen LogP contribution in [0.15, 0.2) is 30.6 Å². The van der Waals surface area contributed by atoms with Gasteiger partial charge in [0.15, 0.2) is 17.0 Å². The first-order valence-corrected chi connectivity index (χ1v) is 9.63. The number of hydrogen-bond acceptors (Lipinski definition) is 7. The summed E-state index contributed by atoms with van der Waals surface area (Å²) in [5.74, 6) is 1.00. The molecular formula is C17H18ClN5O2S. The van der Waals surface area contributed by atoms with Gasteiger partial charge in [0.1, 0.15) is 11.5 Å². The Kier molecular flexibility index (Phi) is 4.74. The van der Waals surface area contributed by atoms with Crippen LogP contribution in [-0.2, 0) is 6.54 Å². The minimum atomic E-state index is -0.880. The minimum absolute atomic E-state index is 0.101. The van der Waals surface area contributed by atoms with Gasteiger partial charge in [-0.05, 0) is 24.1 Å². The fraction of sp³-hybridized carbons (Fsp3) is 0.353. The number of anilines is 1. The van der Waals surface area contributed by atoms with E-state index in [4.69, 9.17) is 11.6 Å². The first kappa shape index (κ1) is 17.5. The number of aliphatic hydroxyl groups is 2. The second-order valence-corrected chi connectivity index (χ2v) is 7.78. The molecule has 1 saturated heterocycles.